The second-order valence-electron chi connectivity index (χ2n) is 4.26. The van der Waals surface area contributed by atoms with E-state index in [1.54, 1.807) is 18.3 Å². The van der Waals surface area contributed by atoms with Crippen LogP contribution >= 0.6 is 0 Å². The minimum absolute atomic E-state index is 0.173. The van der Waals surface area contributed by atoms with Crippen LogP contribution in [-0.4, -0.2) is 29.9 Å². The van der Waals surface area contributed by atoms with Gasteiger partial charge in [0.15, 0.2) is 5.96 Å². The Labute approximate surface area is 123 Å². The third-order valence-electron chi connectivity index (χ3n) is 2.65. The molecule has 1 aromatic carbocycles. The molecule has 2 aromatic rings. The van der Waals surface area contributed by atoms with E-state index in [4.69, 9.17) is 5.73 Å². The molecule has 2 rings (SSSR count). The van der Waals surface area contributed by atoms with E-state index >= 15 is 0 Å². The van der Waals surface area contributed by atoms with Gasteiger partial charge in [-0.05, 0) is 24.3 Å². The van der Waals surface area contributed by atoms with E-state index in [2.05, 4.69) is 20.6 Å². The van der Waals surface area contributed by atoms with Gasteiger partial charge in [0.25, 0.3) is 5.91 Å². The van der Waals surface area contributed by atoms with Crippen LogP contribution in [0, 0.1) is 0 Å². The molecule has 0 aliphatic rings. The summed E-state index contributed by atoms with van der Waals surface area (Å²) in [4.78, 5) is 19.8. The molecule has 6 nitrogen and oxygen atoms in total. The molecule has 108 valence electrons. The number of nitrogens with zero attached hydrogens (tertiary/aromatic N) is 2. The number of para-hydroxylation sites is 1. The molecular formula is C15H17N5O. The molecule has 0 saturated carbocycles. The molecule has 4 N–H and O–H groups in total. The lowest BCUT2D eigenvalue weighted by molar-refractivity contribution is 0.0954. The number of benzene rings is 1. The first-order valence-corrected chi connectivity index (χ1v) is 6.56. The van der Waals surface area contributed by atoms with Crippen LogP contribution < -0.4 is 16.4 Å². The molecule has 0 radical (unpaired) electrons. The standard InChI is InChI=1S/C15H17N5O/c16-15(20-13-6-2-1-3-7-13)19-10-9-18-14(21)12-5-4-8-17-11-12/h1-8,11H,9-10H2,(H,18,21)(H3,16,19,20). The first-order valence-electron chi connectivity index (χ1n) is 6.56. The number of carbonyl (C=O) groups excluding carboxylic acids is 1. The van der Waals surface area contributed by atoms with Crippen LogP contribution in [0.2, 0.25) is 0 Å². The second kappa shape index (κ2) is 7.64. The normalized spacial score (nSPS) is 11.0. The lowest BCUT2D eigenvalue weighted by Gasteiger charge is -2.06. The second-order valence-corrected chi connectivity index (χ2v) is 4.26. The Hall–Kier alpha value is -2.89. The van der Waals surface area contributed by atoms with Crippen LogP contribution in [0.1, 0.15) is 10.4 Å². The van der Waals surface area contributed by atoms with Gasteiger partial charge in [-0.15, -0.1) is 0 Å². The highest BCUT2D eigenvalue weighted by molar-refractivity contribution is 5.94. The van der Waals surface area contributed by atoms with Crippen molar-refractivity contribution in [3.63, 3.8) is 0 Å². The lowest BCUT2D eigenvalue weighted by atomic mass is 10.3. The van der Waals surface area contributed by atoms with E-state index in [1.165, 1.54) is 6.20 Å². The summed E-state index contributed by atoms with van der Waals surface area (Å²) in [6.07, 6.45) is 3.14. The number of aliphatic imine (C=N–C) groups is 1. The van der Waals surface area contributed by atoms with E-state index in [9.17, 15) is 4.79 Å². The van der Waals surface area contributed by atoms with Crippen LogP contribution in [0.5, 0.6) is 0 Å². The van der Waals surface area contributed by atoms with Crippen LogP contribution in [0.15, 0.2) is 59.9 Å². The molecule has 0 unspecified atom stereocenters. The van der Waals surface area contributed by atoms with E-state index in [0.29, 0.717) is 24.6 Å². The van der Waals surface area contributed by atoms with Gasteiger partial charge in [-0.25, -0.2) is 0 Å². The molecular weight excluding hydrogens is 266 g/mol. The van der Waals surface area contributed by atoms with Gasteiger partial charge in [0.05, 0.1) is 12.1 Å². The summed E-state index contributed by atoms with van der Waals surface area (Å²) in [6, 6.07) is 12.9. The highest BCUT2D eigenvalue weighted by Crippen LogP contribution is 2.03. The van der Waals surface area contributed by atoms with Gasteiger partial charge in [-0.2, -0.15) is 0 Å². The number of nitrogens with two attached hydrogens (primary N) is 1. The number of amides is 1. The summed E-state index contributed by atoms with van der Waals surface area (Å²) in [6.45, 7) is 0.808. The van der Waals surface area contributed by atoms with Crippen molar-refractivity contribution < 1.29 is 4.79 Å². The van der Waals surface area contributed by atoms with Gasteiger partial charge in [0, 0.05) is 24.6 Å². The molecule has 21 heavy (non-hydrogen) atoms. The predicted molar refractivity (Wildman–Crippen MR) is 83.1 cm³/mol. The summed E-state index contributed by atoms with van der Waals surface area (Å²) >= 11 is 0. The van der Waals surface area contributed by atoms with Crippen molar-refractivity contribution >= 4 is 17.6 Å². The van der Waals surface area contributed by atoms with Crippen LogP contribution in [0.4, 0.5) is 5.69 Å². The van der Waals surface area contributed by atoms with Crippen molar-refractivity contribution in [2.75, 3.05) is 18.4 Å². The third-order valence-corrected chi connectivity index (χ3v) is 2.65. The van der Waals surface area contributed by atoms with Crippen LogP contribution in [0.3, 0.4) is 0 Å². The predicted octanol–water partition coefficient (Wildman–Crippen LogP) is 1.24. The molecule has 1 aromatic heterocycles. The smallest absolute Gasteiger partial charge is 0.252 e. The van der Waals surface area contributed by atoms with Gasteiger partial charge < -0.3 is 16.4 Å². The maximum absolute atomic E-state index is 11.7. The monoisotopic (exact) mass is 283 g/mol. The van der Waals surface area contributed by atoms with Crippen LogP contribution in [-0.2, 0) is 0 Å². The number of guanidine groups is 1. The number of carbonyl (C=O) groups is 1. The molecule has 0 aliphatic carbocycles. The first-order chi connectivity index (χ1) is 10.3. The molecule has 0 atom stereocenters. The van der Waals surface area contributed by atoms with Gasteiger partial charge in [0.2, 0.25) is 0 Å². The molecule has 0 fully saturated rings. The number of aromatic nitrogens is 1. The van der Waals surface area contributed by atoms with Gasteiger partial charge in [0.1, 0.15) is 0 Å². The van der Waals surface area contributed by atoms with Crippen molar-refractivity contribution in [2.45, 2.75) is 0 Å². The van der Waals surface area contributed by atoms with Crippen LogP contribution in [0.25, 0.3) is 0 Å². The summed E-state index contributed by atoms with van der Waals surface area (Å²) in [5.74, 6) is 0.143. The molecule has 0 bridgehead atoms. The average molecular weight is 283 g/mol. The van der Waals surface area contributed by atoms with Crippen molar-refractivity contribution in [3.05, 3.63) is 60.4 Å². The minimum Gasteiger partial charge on any atom is -0.370 e. The fourth-order valence-electron chi connectivity index (χ4n) is 1.65. The maximum Gasteiger partial charge on any atom is 0.252 e. The Kier molecular flexibility index (Phi) is 5.28. The molecule has 6 heteroatoms. The SMILES string of the molecule is NC(=NCCNC(=O)c1cccnc1)Nc1ccccc1. The van der Waals surface area contributed by atoms with Crippen molar-refractivity contribution in [2.24, 2.45) is 10.7 Å². The number of hydrogen-bond donors (Lipinski definition) is 3. The Balaban J connectivity index is 1.74. The van der Waals surface area contributed by atoms with E-state index < -0.39 is 0 Å². The molecule has 0 saturated heterocycles. The zero-order valence-electron chi connectivity index (χ0n) is 11.5. The van der Waals surface area contributed by atoms with E-state index in [-0.39, 0.29) is 5.91 Å². The summed E-state index contributed by atoms with van der Waals surface area (Å²) in [5, 5.41) is 5.72. The molecule has 0 aliphatic heterocycles. The van der Waals surface area contributed by atoms with Gasteiger partial charge in [-0.3, -0.25) is 14.8 Å². The number of pyridine rings is 1. The zero-order valence-corrected chi connectivity index (χ0v) is 11.5. The number of rotatable bonds is 5. The fourth-order valence-corrected chi connectivity index (χ4v) is 1.65. The maximum atomic E-state index is 11.7. The summed E-state index contributed by atoms with van der Waals surface area (Å²) in [5.41, 5.74) is 7.15. The fraction of sp³-hybridized carbons (Fsp3) is 0.133. The molecule has 1 heterocycles. The number of hydrogen-bond acceptors (Lipinski definition) is 3. The minimum atomic E-state index is -0.173. The van der Waals surface area contributed by atoms with E-state index in [0.717, 1.165) is 5.69 Å². The number of nitrogens with one attached hydrogen (secondary N) is 2. The third kappa shape index (κ3) is 4.94. The quantitative estimate of drug-likeness (QED) is 0.437. The number of anilines is 1. The summed E-state index contributed by atoms with van der Waals surface area (Å²) in [7, 11) is 0. The Morgan fingerprint density at radius 1 is 1.19 bits per heavy atom. The van der Waals surface area contributed by atoms with Gasteiger partial charge >= 0.3 is 0 Å². The zero-order chi connectivity index (χ0) is 14.9. The Morgan fingerprint density at radius 2 is 2.00 bits per heavy atom. The van der Waals surface area contributed by atoms with Crippen molar-refractivity contribution in [3.8, 4) is 0 Å². The average Bonchev–Trinajstić information content (AvgIpc) is 2.53. The van der Waals surface area contributed by atoms with E-state index in [1.807, 2.05) is 30.3 Å². The van der Waals surface area contributed by atoms with Crippen molar-refractivity contribution in [1.29, 1.82) is 0 Å². The topological polar surface area (TPSA) is 92.4 Å². The molecule has 1 amide bonds. The summed E-state index contributed by atoms with van der Waals surface area (Å²) < 4.78 is 0. The first kappa shape index (κ1) is 14.5. The lowest BCUT2D eigenvalue weighted by Crippen LogP contribution is -2.28. The highest BCUT2D eigenvalue weighted by atomic mass is 16.1. The molecule has 0 spiro atoms. The van der Waals surface area contributed by atoms with Gasteiger partial charge in [-0.1, -0.05) is 18.2 Å². The Morgan fingerprint density at radius 3 is 2.71 bits per heavy atom. The highest BCUT2D eigenvalue weighted by Gasteiger charge is 2.03. The Bertz CT molecular complexity index is 598. The largest absolute Gasteiger partial charge is 0.370 e. The van der Waals surface area contributed by atoms with Crippen molar-refractivity contribution in [1.82, 2.24) is 10.3 Å².